The van der Waals surface area contributed by atoms with E-state index in [0.717, 1.165) is 32.2 Å². The molecule has 0 radical (unpaired) electrons. The molecule has 0 saturated heterocycles. The fourth-order valence-corrected chi connectivity index (χ4v) is 5.41. The number of rotatable bonds is 11. The Labute approximate surface area is 221 Å². The average Bonchev–Trinajstić information content (AvgIpc) is 3.33. The van der Waals surface area contributed by atoms with Crippen LogP contribution in [-0.4, -0.2) is 47.6 Å². The molecule has 0 atom stereocenters. The van der Waals surface area contributed by atoms with Gasteiger partial charge in [0.1, 0.15) is 18.2 Å². The Hall–Kier alpha value is -4.22. The van der Waals surface area contributed by atoms with Crippen molar-refractivity contribution in [2.24, 2.45) is 5.73 Å². The maximum Gasteiger partial charge on any atom is 0.321 e. The molecule has 0 bridgehead atoms. The Kier molecular flexibility index (Phi) is 8.08. The first-order valence-electron chi connectivity index (χ1n) is 12.0. The maximum atomic E-state index is 13.4. The minimum absolute atomic E-state index is 0.0116. The van der Waals surface area contributed by atoms with Crippen molar-refractivity contribution in [2.75, 3.05) is 18.5 Å². The number of esters is 1. The van der Waals surface area contributed by atoms with E-state index in [1.165, 1.54) is 12.1 Å². The number of aryl methyl sites for hydroxylation is 1. The van der Waals surface area contributed by atoms with Crippen LogP contribution in [0.25, 0.3) is 11.0 Å². The lowest BCUT2D eigenvalue weighted by Gasteiger charge is -2.22. The number of nitrogens with two attached hydrogens (primary N) is 1. The van der Waals surface area contributed by atoms with Crippen LogP contribution in [0.1, 0.15) is 29.4 Å². The third-order valence-corrected chi connectivity index (χ3v) is 7.87. The van der Waals surface area contributed by atoms with Gasteiger partial charge < -0.3 is 20.8 Å². The van der Waals surface area contributed by atoms with Crippen molar-refractivity contribution >= 4 is 38.5 Å². The predicted molar refractivity (Wildman–Crippen MR) is 146 cm³/mol. The summed E-state index contributed by atoms with van der Waals surface area (Å²) >= 11 is 0. The van der Waals surface area contributed by atoms with E-state index in [2.05, 4.69) is 10.3 Å². The number of carbonyl (C=O) groups is 1. The van der Waals surface area contributed by atoms with Crippen molar-refractivity contribution in [3.63, 3.8) is 0 Å². The molecule has 0 amide bonds. The molecule has 1 heterocycles. The first kappa shape index (κ1) is 26.8. The number of benzene rings is 3. The number of fused-ring (bicyclic) bond motifs is 1. The first-order chi connectivity index (χ1) is 18.2. The number of aromatic amines is 1. The van der Waals surface area contributed by atoms with Crippen molar-refractivity contribution in [3.05, 3.63) is 89.2 Å². The zero-order valence-corrected chi connectivity index (χ0v) is 22.0. The molecule has 5 N–H and O–H groups in total. The number of imidazole rings is 1. The van der Waals surface area contributed by atoms with E-state index < -0.39 is 22.5 Å². The minimum atomic E-state index is -3.95. The van der Waals surface area contributed by atoms with E-state index in [9.17, 15) is 13.2 Å². The Morgan fingerprint density at radius 1 is 1.11 bits per heavy atom. The Balaban J connectivity index is 1.57. The van der Waals surface area contributed by atoms with Gasteiger partial charge >= 0.3 is 5.97 Å². The number of nitrogen functional groups attached to an aromatic ring is 1. The summed E-state index contributed by atoms with van der Waals surface area (Å²) in [5.41, 5.74) is 10.1. The van der Waals surface area contributed by atoms with Gasteiger partial charge in [-0.3, -0.25) is 10.2 Å². The predicted octanol–water partition coefficient (Wildman–Crippen LogP) is 3.52. The van der Waals surface area contributed by atoms with Crippen molar-refractivity contribution < 1.29 is 17.9 Å². The third kappa shape index (κ3) is 6.01. The van der Waals surface area contributed by atoms with Crippen LogP contribution in [-0.2, 0) is 32.6 Å². The van der Waals surface area contributed by atoms with Gasteiger partial charge in [-0.25, -0.2) is 13.4 Å². The summed E-state index contributed by atoms with van der Waals surface area (Å²) in [6.07, 6.45) is 0. The van der Waals surface area contributed by atoms with Crippen LogP contribution in [0.15, 0.2) is 71.6 Å². The van der Waals surface area contributed by atoms with Gasteiger partial charge in [-0.15, -0.1) is 0 Å². The van der Waals surface area contributed by atoms with E-state index in [4.69, 9.17) is 20.9 Å². The van der Waals surface area contributed by atoms with Crippen molar-refractivity contribution in [3.8, 4) is 0 Å². The summed E-state index contributed by atoms with van der Waals surface area (Å²) in [6, 6.07) is 18.9. The number of anilines is 1. The van der Waals surface area contributed by atoms with Crippen molar-refractivity contribution in [2.45, 2.75) is 31.8 Å². The summed E-state index contributed by atoms with van der Waals surface area (Å²) < 4.78 is 33.0. The van der Waals surface area contributed by atoms with E-state index in [1.807, 2.05) is 31.2 Å². The SMILES string of the molecule is CCOC(=O)CN(Cc1ccc2[nH]c(CNc3ccc(C(=N)N)cc3)nc2c1C)S(=O)(=O)c1ccccc1. The number of amidine groups is 1. The number of ether oxygens (including phenoxy) is 1. The largest absolute Gasteiger partial charge is 0.465 e. The van der Waals surface area contributed by atoms with Gasteiger partial charge in [0.2, 0.25) is 10.0 Å². The highest BCUT2D eigenvalue weighted by atomic mass is 32.2. The van der Waals surface area contributed by atoms with Gasteiger partial charge in [0.05, 0.1) is 29.1 Å². The molecule has 4 rings (SSSR count). The molecule has 0 unspecified atom stereocenters. The number of nitrogens with one attached hydrogen (secondary N) is 3. The van der Waals surface area contributed by atoms with Gasteiger partial charge in [0, 0.05) is 17.8 Å². The van der Waals surface area contributed by atoms with E-state index in [1.54, 1.807) is 37.3 Å². The molecule has 0 fully saturated rings. The van der Waals surface area contributed by atoms with E-state index in [-0.39, 0.29) is 23.9 Å². The molecular weight excluding hydrogens is 504 g/mol. The zero-order valence-electron chi connectivity index (χ0n) is 21.2. The molecule has 0 aliphatic heterocycles. The van der Waals surface area contributed by atoms with Crippen molar-refractivity contribution in [1.82, 2.24) is 14.3 Å². The zero-order chi connectivity index (χ0) is 27.3. The standard InChI is InChI=1S/C27H30N6O4S/c1-3-37-25(34)17-33(38(35,36)22-7-5-4-6-8-22)16-20-11-14-23-26(18(20)2)32-24(31-23)15-30-21-12-9-19(10-13-21)27(28)29/h4-14,30H,3,15-17H2,1-2H3,(H3,28,29)(H,31,32). The van der Waals surface area contributed by atoms with Gasteiger partial charge in [-0.1, -0.05) is 24.3 Å². The lowest BCUT2D eigenvalue weighted by molar-refractivity contribution is -0.143. The molecule has 0 saturated carbocycles. The topological polar surface area (TPSA) is 154 Å². The number of nitrogens with zero attached hydrogens (tertiary/aromatic N) is 2. The Morgan fingerprint density at radius 2 is 1.82 bits per heavy atom. The molecule has 198 valence electrons. The quantitative estimate of drug-likeness (QED) is 0.130. The summed E-state index contributed by atoms with van der Waals surface area (Å²) in [6.45, 7) is 3.74. The Bertz CT molecular complexity index is 1550. The summed E-state index contributed by atoms with van der Waals surface area (Å²) in [7, 11) is -3.95. The third-order valence-electron chi connectivity index (χ3n) is 6.06. The number of aromatic nitrogens is 2. The van der Waals surface area contributed by atoms with Crippen LogP contribution in [0.2, 0.25) is 0 Å². The molecule has 38 heavy (non-hydrogen) atoms. The molecule has 1 aromatic heterocycles. The van der Waals surface area contributed by atoms with Gasteiger partial charge in [0.25, 0.3) is 0 Å². The molecule has 3 aromatic carbocycles. The Morgan fingerprint density at radius 3 is 2.47 bits per heavy atom. The average molecular weight is 535 g/mol. The lowest BCUT2D eigenvalue weighted by atomic mass is 10.1. The van der Waals surface area contributed by atoms with Gasteiger partial charge in [-0.2, -0.15) is 4.31 Å². The summed E-state index contributed by atoms with van der Waals surface area (Å²) in [5.74, 6) is 0.101. The molecule has 0 aliphatic carbocycles. The fourth-order valence-electron chi connectivity index (χ4n) is 4.02. The summed E-state index contributed by atoms with van der Waals surface area (Å²) in [4.78, 5) is 20.4. The van der Waals surface area contributed by atoms with Crippen LogP contribution in [0.4, 0.5) is 5.69 Å². The van der Waals surface area contributed by atoms with Gasteiger partial charge in [0.15, 0.2) is 0 Å². The molecule has 4 aromatic rings. The number of sulfonamides is 1. The maximum absolute atomic E-state index is 13.4. The van der Waals surface area contributed by atoms with Gasteiger partial charge in [-0.05, 0) is 67.4 Å². The smallest absolute Gasteiger partial charge is 0.321 e. The van der Waals surface area contributed by atoms with E-state index >= 15 is 0 Å². The molecule has 10 nitrogen and oxygen atoms in total. The summed E-state index contributed by atoms with van der Waals surface area (Å²) in [5, 5.41) is 10.8. The van der Waals surface area contributed by atoms with Crippen molar-refractivity contribution in [1.29, 1.82) is 5.41 Å². The normalized spacial score (nSPS) is 11.6. The molecular formula is C27H30N6O4S. The van der Waals surface area contributed by atoms with Crippen LogP contribution < -0.4 is 11.1 Å². The number of carbonyl (C=O) groups excluding carboxylic acids is 1. The van der Waals surface area contributed by atoms with E-state index in [0.29, 0.717) is 17.9 Å². The van der Waals surface area contributed by atoms with Crippen LogP contribution in [0.3, 0.4) is 0 Å². The second-order valence-corrected chi connectivity index (χ2v) is 10.6. The van der Waals surface area contributed by atoms with Crippen LogP contribution >= 0.6 is 0 Å². The minimum Gasteiger partial charge on any atom is -0.465 e. The molecule has 11 heteroatoms. The second kappa shape index (κ2) is 11.4. The molecule has 0 aliphatic rings. The molecule has 0 spiro atoms. The monoisotopic (exact) mass is 534 g/mol. The van der Waals surface area contributed by atoms with Crippen LogP contribution in [0.5, 0.6) is 0 Å². The highest BCUT2D eigenvalue weighted by Crippen LogP contribution is 2.25. The number of hydrogen-bond donors (Lipinski definition) is 4. The number of H-pyrrole nitrogens is 1. The number of hydrogen-bond acceptors (Lipinski definition) is 7. The first-order valence-corrected chi connectivity index (χ1v) is 13.5. The highest BCUT2D eigenvalue weighted by Gasteiger charge is 2.28. The fraction of sp³-hybridized carbons (Fsp3) is 0.222. The van der Waals surface area contributed by atoms with Crippen LogP contribution in [0, 0.1) is 12.3 Å². The highest BCUT2D eigenvalue weighted by molar-refractivity contribution is 7.89. The second-order valence-electron chi connectivity index (χ2n) is 8.67. The lowest BCUT2D eigenvalue weighted by Crippen LogP contribution is -2.36.